The summed E-state index contributed by atoms with van der Waals surface area (Å²) in [6.07, 6.45) is 1.33. The predicted octanol–water partition coefficient (Wildman–Crippen LogP) is 0.911. The van der Waals surface area contributed by atoms with Crippen molar-refractivity contribution < 1.29 is 8.42 Å². The van der Waals surface area contributed by atoms with Crippen LogP contribution in [0, 0.1) is 18.8 Å². The van der Waals surface area contributed by atoms with Crippen molar-refractivity contribution in [1.29, 1.82) is 0 Å². The number of hydrogen-bond donors (Lipinski definition) is 2. The zero-order valence-corrected chi connectivity index (χ0v) is 13.4. The molecule has 0 aliphatic heterocycles. The second-order valence-electron chi connectivity index (χ2n) is 4.42. The summed E-state index contributed by atoms with van der Waals surface area (Å²) < 4.78 is 26.0. The summed E-state index contributed by atoms with van der Waals surface area (Å²) in [5.41, 5.74) is 6.21. The van der Waals surface area contributed by atoms with Gasteiger partial charge in [-0.3, -0.25) is 0 Å². The van der Waals surface area contributed by atoms with Crippen LogP contribution in [0.1, 0.15) is 16.3 Å². The Morgan fingerprint density at radius 2 is 2.29 bits per heavy atom. The summed E-state index contributed by atoms with van der Waals surface area (Å²) in [6, 6.07) is 1.87. The molecular formula is C13H16N4O2S2. The van der Waals surface area contributed by atoms with E-state index in [-0.39, 0.29) is 11.6 Å². The third kappa shape index (κ3) is 3.71. The highest BCUT2D eigenvalue weighted by molar-refractivity contribution is 7.89. The molecule has 0 fully saturated rings. The molecule has 2 aromatic heterocycles. The molecule has 0 aliphatic rings. The summed E-state index contributed by atoms with van der Waals surface area (Å²) in [6.45, 7) is 2.29. The van der Waals surface area contributed by atoms with Crippen LogP contribution in [-0.2, 0) is 16.6 Å². The van der Waals surface area contributed by atoms with Crippen LogP contribution in [0.2, 0.25) is 0 Å². The summed E-state index contributed by atoms with van der Waals surface area (Å²) in [5, 5.41) is 1.99. The minimum Gasteiger partial charge on any atom is -0.332 e. The number of aryl methyl sites for hydroxylation is 1. The normalized spacial score (nSPS) is 11.4. The molecule has 8 heteroatoms. The third-order valence-electron chi connectivity index (χ3n) is 2.74. The molecule has 0 amide bonds. The molecule has 21 heavy (non-hydrogen) atoms. The first kappa shape index (κ1) is 15.7. The number of aromatic amines is 1. The Morgan fingerprint density at radius 3 is 2.90 bits per heavy atom. The van der Waals surface area contributed by atoms with Crippen molar-refractivity contribution in [3.05, 3.63) is 33.9 Å². The average Bonchev–Trinajstić information content (AvgIpc) is 3.05. The SMILES string of the molecule is Cc1ncc(S(=O)(=O)N(C)Cc2csc(C#CCN)c2)[nH]1. The van der Waals surface area contributed by atoms with Crippen LogP contribution in [0.15, 0.2) is 22.7 Å². The molecule has 2 rings (SSSR count). The van der Waals surface area contributed by atoms with E-state index in [4.69, 9.17) is 5.73 Å². The van der Waals surface area contributed by atoms with Gasteiger partial charge in [0.15, 0.2) is 5.03 Å². The number of thiophene rings is 1. The van der Waals surface area contributed by atoms with E-state index in [2.05, 4.69) is 21.8 Å². The molecule has 2 heterocycles. The first-order chi connectivity index (χ1) is 9.93. The van der Waals surface area contributed by atoms with Gasteiger partial charge >= 0.3 is 0 Å². The van der Waals surface area contributed by atoms with E-state index in [1.54, 1.807) is 6.92 Å². The smallest absolute Gasteiger partial charge is 0.260 e. The Balaban J connectivity index is 2.14. The molecule has 0 atom stereocenters. The third-order valence-corrected chi connectivity index (χ3v) is 5.35. The van der Waals surface area contributed by atoms with Crippen molar-refractivity contribution in [1.82, 2.24) is 14.3 Å². The molecule has 0 saturated carbocycles. The molecule has 2 aromatic rings. The van der Waals surface area contributed by atoms with Crippen molar-refractivity contribution in [2.45, 2.75) is 18.5 Å². The van der Waals surface area contributed by atoms with Gasteiger partial charge < -0.3 is 10.7 Å². The van der Waals surface area contributed by atoms with Crippen LogP contribution in [0.4, 0.5) is 0 Å². The van der Waals surface area contributed by atoms with Gasteiger partial charge in [0.2, 0.25) is 0 Å². The van der Waals surface area contributed by atoms with E-state index in [9.17, 15) is 8.42 Å². The Labute approximate surface area is 128 Å². The van der Waals surface area contributed by atoms with Gasteiger partial charge in [-0.15, -0.1) is 11.3 Å². The second-order valence-corrected chi connectivity index (χ2v) is 7.34. The lowest BCUT2D eigenvalue weighted by Crippen LogP contribution is -2.26. The second kappa shape index (κ2) is 6.41. The van der Waals surface area contributed by atoms with Gasteiger partial charge in [-0.2, -0.15) is 4.31 Å². The van der Waals surface area contributed by atoms with Crippen molar-refractivity contribution in [2.24, 2.45) is 5.73 Å². The number of aromatic nitrogens is 2. The molecule has 0 aromatic carbocycles. The highest BCUT2D eigenvalue weighted by atomic mass is 32.2. The van der Waals surface area contributed by atoms with Gasteiger partial charge in [0.25, 0.3) is 10.0 Å². The van der Waals surface area contributed by atoms with Crippen LogP contribution in [0.3, 0.4) is 0 Å². The van der Waals surface area contributed by atoms with Gasteiger partial charge in [0.1, 0.15) is 5.82 Å². The summed E-state index contributed by atoms with van der Waals surface area (Å²) in [5.74, 6) is 6.27. The number of nitrogens with two attached hydrogens (primary N) is 1. The van der Waals surface area contributed by atoms with E-state index in [0.29, 0.717) is 12.4 Å². The highest BCUT2D eigenvalue weighted by Gasteiger charge is 2.23. The summed E-state index contributed by atoms with van der Waals surface area (Å²) in [7, 11) is -2.02. The van der Waals surface area contributed by atoms with E-state index < -0.39 is 10.0 Å². The van der Waals surface area contributed by atoms with Crippen LogP contribution in [0.25, 0.3) is 0 Å². The molecule has 0 saturated heterocycles. The van der Waals surface area contributed by atoms with Crippen LogP contribution < -0.4 is 5.73 Å². The topological polar surface area (TPSA) is 92.1 Å². The molecule has 0 spiro atoms. The lowest BCUT2D eigenvalue weighted by molar-refractivity contribution is 0.464. The molecule has 0 bridgehead atoms. The Hall–Kier alpha value is -1.66. The molecule has 0 radical (unpaired) electrons. The van der Waals surface area contributed by atoms with Crippen molar-refractivity contribution in [3.63, 3.8) is 0 Å². The number of sulfonamides is 1. The molecule has 3 N–H and O–H groups in total. The summed E-state index contributed by atoms with van der Waals surface area (Å²) in [4.78, 5) is 7.54. The lowest BCUT2D eigenvalue weighted by Gasteiger charge is -2.14. The Morgan fingerprint density at radius 1 is 1.52 bits per heavy atom. The molecule has 6 nitrogen and oxygen atoms in total. The van der Waals surface area contributed by atoms with E-state index >= 15 is 0 Å². The highest BCUT2D eigenvalue weighted by Crippen LogP contribution is 2.19. The fourth-order valence-electron chi connectivity index (χ4n) is 1.70. The molecule has 0 unspecified atom stereocenters. The Kier molecular flexibility index (Phi) is 4.80. The predicted molar refractivity (Wildman–Crippen MR) is 82.2 cm³/mol. The standard InChI is InChI=1S/C13H16N4O2S2/c1-10-15-7-13(16-10)21(18,19)17(2)8-11-6-12(20-9-11)4-3-5-14/h6-7,9H,5,8,14H2,1-2H3,(H,15,16). The van der Waals surface area contributed by atoms with Gasteiger partial charge in [-0.05, 0) is 23.9 Å². The quantitative estimate of drug-likeness (QED) is 0.818. The maximum Gasteiger partial charge on any atom is 0.260 e. The van der Waals surface area contributed by atoms with E-state index in [0.717, 1.165) is 10.4 Å². The van der Waals surface area contributed by atoms with E-state index in [1.807, 2.05) is 11.4 Å². The van der Waals surface area contributed by atoms with Crippen LogP contribution in [-0.4, -0.2) is 36.3 Å². The fraction of sp³-hybridized carbons (Fsp3) is 0.308. The van der Waals surface area contributed by atoms with Gasteiger partial charge in [0, 0.05) is 13.6 Å². The van der Waals surface area contributed by atoms with Gasteiger partial charge in [-0.1, -0.05) is 11.8 Å². The fourth-order valence-corrected chi connectivity index (χ4v) is 3.59. The monoisotopic (exact) mass is 324 g/mol. The number of nitrogens with one attached hydrogen (secondary N) is 1. The minimum absolute atomic E-state index is 0.0980. The zero-order valence-electron chi connectivity index (χ0n) is 11.8. The van der Waals surface area contributed by atoms with E-state index in [1.165, 1.54) is 28.9 Å². The van der Waals surface area contributed by atoms with Crippen LogP contribution in [0.5, 0.6) is 0 Å². The first-order valence-electron chi connectivity index (χ1n) is 6.18. The van der Waals surface area contributed by atoms with Crippen molar-refractivity contribution in [2.75, 3.05) is 13.6 Å². The first-order valence-corrected chi connectivity index (χ1v) is 8.49. The van der Waals surface area contributed by atoms with Crippen molar-refractivity contribution >= 4 is 21.4 Å². The number of rotatable bonds is 4. The van der Waals surface area contributed by atoms with Crippen molar-refractivity contribution in [3.8, 4) is 11.8 Å². The average molecular weight is 324 g/mol. The van der Waals surface area contributed by atoms with Gasteiger partial charge in [-0.25, -0.2) is 13.4 Å². The van der Waals surface area contributed by atoms with Gasteiger partial charge in [0.05, 0.1) is 17.6 Å². The number of hydrogen-bond acceptors (Lipinski definition) is 5. The molecular weight excluding hydrogens is 308 g/mol. The number of imidazole rings is 1. The lowest BCUT2D eigenvalue weighted by atomic mass is 10.3. The zero-order chi connectivity index (χ0) is 15.5. The minimum atomic E-state index is -3.56. The molecule has 112 valence electrons. The maximum atomic E-state index is 12.3. The largest absolute Gasteiger partial charge is 0.332 e. The number of nitrogens with zero attached hydrogens (tertiary/aromatic N) is 2. The Bertz CT molecular complexity index is 780. The van der Waals surface area contributed by atoms with Crippen LogP contribution >= 0.6 is 11.3 Å². The molecule has 0 aliphatic carbocycles. The maximum absolute atomic E-state index is 12.3. The summed E-state index contributed by atoms with van der Waals surface area (Å²) >= 11 is 1.47. The number of H-pyrrole nitrogens is 1.